The van der Waals surface area contributed by atoms with E-state index in [0.717, 1.165) is 19.4 Å². The van der Waals surface area contributed by atoms with Crippen LogP contribution in [0.25, 0.3) is 11.4 Å². The molecule has 1 aromatic carbocycles. The maximum absolute atomic E-state index is 13.3. The van der Waals surface area contributed by atoms with Crippen molar-refractivity contribution in [2.24, 2.45) is 0 Å². The molecule has 0 saturated carbocycles. The molecule has 7 heteroatoms. The predicted molar refractivity (Wildman–Crippen MR) is 86.8 cm³/mol. The van der Waals surface area contributed by atoms with Crippen LogP contribution >= 0.6 is 0 Å². The van der Waals surface area contributed by atoms with Gasteiger partial charge in [-0.05, 0) is 32.0 Å². The Morgan fingerprint density at radius 2 is 2.38 bits per heavy atom. The van der Waals surface area contributed by atoms with Crippen molar-refractivity contribution < 1.29 is 13.7 Å². The average Bonchev–Trinajstić information content (AvgIpc) is 3.10. The Morgan fingerprint density at radius 1 is 1.50 bits per heavy atom. The summed E-state index contributed by atoms with van der Waals surface area (Å²) in [5, 5.41) is 6.94. The number of carbonyl (C=O) groups excluding carboxylic acids is 1. The van der Waals surface area contributed by atoms with Gasteiger partial charge in [0.2, 0.25) is 17.6 Å². The molecule has 1 aliphatic rings. The highest BCUT2D eigenvalue weighted by Crippen LogP contribution is 2.28. The fourth-order valence-electron chi connectivity index (χ4n) is 2.94. The van der Waals surface area contributed by atoms with E-state index in [2.05, 4.69) is 15.5 Å². The molecule has 24 heavy (non-hydrogen) atoms. The second-order valence-corrected chi connectivity index (χ2v) is 6.00. The minimum Gasteiger partial charge on any atom is -0.342 e. The fourth-order valence-corrected chi connectivity index (χ4v) is 2.94. The summed E-state index contributed by atoms with van der Waals surface area (Å²) in [4.78, 5) is 18.4. The van der Waals surface area contributed by atoms with Crippen molar-refractivity contribution in [3.63, 3.8) is 0 Å². The summed E-state index contributed by atoms with van der Waals surface area (Å²) in [6.07, 6.45) is 2.30. The normalized spacial score (nSPS) is 17.9. The van der Waals surface area contributed by atoms with E-state index >= 15 is 0 Å². The number of hydrogen-bond acceptors (Lipinski definition) is 5. The number of carbonyl (C=O) groups is 1. The SMILES string of the molecule is CNCCC(=O)N1CCCC(c2nc(-c3cccc(F)c3)no2)C1. The smallest absolute Gasteiger partial charge is 0.231 e. The molecule has 128 valence electrons. The van der Waals surface area contributed by atoms with Gasteiger partial charge in [-0.15, -0.1) is 0 Å². The first-order valence-electron chi connectivity index (χ1n) is 8.19. The van der Waals surface area contributed by atoms with Crippen molar-refractivity contribution in [3.05, 3.63) is 36.0 Å². The van der Waals surface area contributed by atoms with Crippen LogP contribution in [-0.2, 0) is 4.79 Å². The van der Waals surface area contributed by atoms with Crippen LogP contribution in [0.2, 0.25) is 0 Å². The molecule has 0 radical (unpaired) electrons. The number of benzene rings is 1. The lowest BCUT2D eigenvalue weighted by molar-refractivity contribution is -0.132. The van der Waals surface area contributed by atoms with Crippen molar-refractivity contribution in [1.82, 2.24) is 20.4 Å². The molecule has 2 aromatic rings. The van der Waals surface area contributed by atoms with Crippen molar-refractivity contribution in [2.75, 3.05) is 26.7 Å². The van der Waals surface area contributed by atoms with Gasteiger partial charge in [0.1, 0.15) is 5.82 Å². The molecule has 2 heterocycles. The first-order valence-corrected chi connectivity index (χ1v) is 8.19. The molecule has 1 aliphatic heterocycles. The van der Waals surface area contributed by atoms with Gasteiger partial charge in [-0.3, -0.25) is 4.79 Å². The van der Waals surface area contributed by atoms with Gasteiger partial charge < -0.3 is 14.7 Å². The molecule has 6 nitrogen and oxygen atoms in total. The Bertz CT molecular complexity index is 703. The zero-order valence-electron chi connectivity index (χ0n) is 13.7. The number of likely N-dealkylation sites (tertiary alicyclic amines) is 1. The summed E-state index contributed by atoms with van der Waals surface area (Å²) in [6, 6.07) is 6.11. The number of amides is 1. The number of rotatable bonds is 5. The van der Waals surface area contributed by atoms with Crippen molar-refractivity contribution in [1.29, 1.82) is 0 Å². The van der Waals surface area contributed by atoms with E-state index in [1.807, 2.05) is 11.9 Å². The van der Waals surface area contributed by atoms with Crippen LogP contribution in [-0.4, -0.2) is 47.6 Å². The second-order valence-electron chi connectivity index (χ2n) is 6.00. The maximum atomic E-state index is 13.3. The molecule has 0 aliphatic carbocycles. The lowest BCUT2D eigenvalue weighted by Crippen LogP contribution is -2.40. The Balaban J connectivity index is 1.69. The standard InChI is InChI=1S/C17H21FN4O2/c1-19-8-7-15(23)22-9-3-5-13(11-22)17-20-16(21-24-17)12-4-2-6-14(18)10-12/h2,4,6,10,13,19H,3,5,7-9,11H2,1H3. The first-order chi connectivity index (χ1) is 11.7. The maximum Gasteiger partial charge on any atom is 0.231 e. The van der Waals surface area contributed by atoms with Crippen LogP contribution in [0.15, 0.2) is 28.8 Å². The lowest BCUT2D eigenvalue weighted by Gasteiger charge is -2.31. The second kappa shape index (κ2) is 7.53. The van der Waals surface area contributed by atoms with Gasteiger partial charge in [-0.2, -0.15) is 4.98 Å². The van der Waals surface area contributed by atoms with E-state index in [-0.39, 0.29) is 17.6 Å². The molecular formula is C17H21FN4O2. The Kier molecular flexibility index (Phi) is 5.20. The van der Waals surface area contributed by atoms with Gasteiger partial charge in [0.25, 0.3) is 0 Å². The highest BCUT2D eigenvalue weighted by atomic mass is 19.1. The third-order valence-corrected chi connectivity index (χ3v) is 4.24. The van der Waals surface area contributed by atoms with E-state index in [9.17, 15) is 9.18 Å². The molecule has 0 spiro atoms. The largest absolute Gasteiger partial charge is 0.342 e. The topological polar surface area (TPSA) is 71.3 Å². The third kappa shape index (κ3) is 3.79. The summed E-state index contributed by atoms with van der Waals surface area (Å²) in [6.45, 7) is 2.03. The molecule has 1 amide bonds. The molecule has 0 bridgehead atoms. The highest BCUT2D eigenvalue weighted by Gasteiger charge is 2.28. The molecule has 1 fully saturated rings. The van der Waals surface area contributed by atoms with Gasteiger partial charge in [0, 0.05) is 31.6 Å². The average molecular weight is 332 g/mol. The van der Waals surface area contributed by atoms with Gasteiger partial charge in [0.05, 0.1) is 5.92 Å². The summed E-state index contributed by atoms with van der Waals surface area (Å²) >= 11 is 0. The minimum atomic E-state index is -0.335. The van der Waals surface area contributed by atoms with Crippen molar-refractivity contribution >= 4 is 5.91 Å². The Morgan fingerprint density at radius 3 is 3.17 bits per heavy atom. The number of nitrogens with zero attached hydrogens (tertiary/aromatic N) is 3. The van der Waals surface area contributed by atoms with E-state index in [4.69, 9.17) is 4.52 Å². The molecule has 1 saturated heterocycles. The number of halogens is 1. The van der Waals surface area contributed by atoms with Crippen LogP contribution in [0.3, 0.4) is 0 Å². The summed E-state index contributed by atoms with van der Waals surface area (Å²) < 4.78 is 18.7. The van der Waals surface area contributed by atoms with E-state index < -0.39 is 0 Å². The monoisotopic (exact) mass is 332 g/mol. The number of nitrogens with one attached hydrogen (secondary N) is 1. The molecule has 1 atom stereocenters. The van der Waals surface area contributed by atoms with Gasteiger partial charge in [-0.25, -0.2) is 4.39 Å². The quantitative estimate of drug-likeness (QED) is 0.909. The fraction of sp³-hybridized carbons (Fsp3) is 0.471. The van der Waals surface area contributed by atoms with Gasteiger partial charge in [-0.1, -0.05) is 17.3 Å². The zero-order chi connectivity index (χ0) is 16.9. The Labute approximate surface area is 140 Å². The van der Waals surface area contributed by atoms with Crippen LogP contribution < -0.4 is 5.32 Å². The zero-order valence-corrected chi connectivity index (χ0v) is 13.7. The van der Waals surface area contributed by atoms with Crippen molar-refractivity contribution in [2.45, 2.75) is 25.2 Å². The number of aromatic nitrogens is 2. The molecule has 1 N–H and O–H groups in total. The Hall–Kier alpha value is -2.28. The lowest BCUT2D eigenvalue weighted by atomic mass is 9.97. The van der Waals surface area contributed by atoms with E-state index in [1.54, 1.807) is 12.1 Å². The summed E-state index contributed by atoms with van der Waals surface area (Å²) in [5.41, 5.74) is 0.586. The minimum absolute atomic E-state index is 0.0343. The number of piperidine rings is 1. The summed E-state index contributed by atoms with van der Waals surface area (Å²) in [5.74, 6) is 0.729. The third-order valence-electron chi connectivity index (χ3n) is 4.24. The molecular weight excluding hydrogens is 311 g/mol. The van der Waals surface area contributed by atoms with E-state index in [0.29, 0.717) is 36.8 Å². The van der Waals surface area contributed by atoms with Crippen LogP contribution in [0, 0.1) is 5.82 Å². The van der Waals surface area contributed by atoms with Gasteiger partial charge in [0.15, 0.2) is 0 Å². The van der Waals surface area contributed by atoms with Crippen molar-refractivity contribution in [3.8, 4) is 11.4 Å². The molecule has 3 rings (SSSR count). The predicted octanol–water partition coefficient (Wildman–Crippen LogP) is 2.19. The van der Waals surface area contributed by atoms with Crippen LogP contribution in [0.5, 0.6) is 0 Å². The first kappa shape index (κ1) is 16.6. The van der Waals surface area contributed by atoms with Crippen LogP contribution in [0.4, 0.5) is 4.39 Å². The van der Waals surface area contributed by atoms with Gasteiger partial charge >= 0.3 is 0 Å². The number of hydrogen-bond donors (Lipinski definition) is 1. The van der Waals surface area contributed by atoms with Crippen LogP contribution in [0.1, 0.15) is 31.1 Å². The molecule has 1 aromatic heterocycles. The van der Waals surface area contributed by atoms with E-state index in [1.165, 1.54) is 12.1 Å². The molecule has 1 unspecified atom stereocenters. The summed E-state index contributed by atoms with van der Waals surface area (Å²) in [7, 11) is 1.83. The highest BCUT2D eigenvalue weighted by molar-refractivity contribution is 5.76.